The molecule has 0 bridgehead atoms. The Bertz CT molecular complexity index is 524. The van der Waals surface area contributed by atoms with Gasteiger partial charge in [0.05, 0.1) is 9.99 Å². The number of hydrogen-bond acceptors (Lipinski definition) is 2. The fraction of sp³-hybridized carbons (Fsp3) is 0.111. The average Bonchev–Trinajstić information content (AvgIpc) is 2.58. The van der Waals surface area contributed by atoms with Crippen molar-refractivity contribution < 1.29 is 19.0 Å². The summed E-state index contributed by atoms with van der Waals surface area (Å²) in [6.45, 7) is 0. The van der Waals surface area contributed by atoms with Gasteiger partial charge < -0.3 is 15.2 Å². The number of aliphatic hydroxyl groups is 2. The van der Waals surface area contributed by atoms with Crippen molar-refractivity contribution in [2.45, 2.75) is 6.29 Å². The molecule has 1 aromatic heterocycles. The number of nitrogens with one attached hydrogen (secondary N) is 1. The third kappa shape index (κ3) is 1.54. The first-order chi connectivity index (χ1) is 7.02. The molecule has 0 atom stereocenters. The lowest BCUT2D eigenvalue weighted by Crippen LogP contribution is -1.95. The minimum Gasteiger partial charge on any atom is -0.364 e. The van der Waals surface area contributed by atoms with Gasteiger partial charge in [-0.1, -0.05) is 0 Å². The van der Waals surface area contributed by atoms with E-state index >= 15 is 0 Å². The minimum atomic E-state index is -1.80. The van der Waals surface area contributed by atoms with Gasteiger partial charge in [-0.05, 0) is 22.0 Å². The third-order valence-corrected chi connectivity index (χ3v) is 2.84. The van der Waals surface area contributed by atoms with E-state index < -0.39 is 17.9 Å². The van der Waals surface area contributed by atoms with Gasteiger partial charge in [-0.2, -0.15) is 0 Å². The van der Waals surface area contributed by atoms with Crippen LogP contribution in [0.25, 0.3) is 10.9 Å². The quantitative estimate of drug-likeness (QED) is 0.553. The van der Waals surface area contributed by atoms with Crippen molar-refractivity contribution in [2.75, 3.05) is 0 Å². The highest BCUT2D eigenvalue weighted by Crippen LogP contribution is 2.31. The molecule has 2 rings (SSSR count). The lowest BCUT2D eigenvalue weighted by Gasteiger charge is -2.03. The minimum absolute atomic E-state index is 0.0248. The maximum Gasteiger partial charge on any atom is 0.180 e. The van der Waals surface area contributed by atoms with Gasteiger partial charge in [0.25, 0.3) is 0 Å². The van der Waals surface area contributed by atoms with Crippen LogP contribution in [0.3, 0.4) is 0 Å². The van der Waals surface area contributed by atoms with Crippen LogP contribution < -0.4 is 0 Å². The Labute approximate surface area is 91.5 Å². The Hall–Kier alpha value is -0.980. The van der Waals surface area contributed by atoms with Crippen LogP contribution >= 0.6 is 15.9 Å². The predicted octanol–water partition coefficient (Wildman–Crippen LogP) is 2.19. The molecule has 3 N–H and O–H groups in total. The first-order valence-corrected chi connectivity index (χ1v) is 4.82. The maximum atomic E-state index is 13.6. The van der Waals surface area contributed by atoms with Gasteiger partial charge in [-0.25, -0.2) is 8.78 Å². The van der Waals surface area contributed by atoms with Crippen LogP contribution in [0.5, 0.6) is 0 Å². The van der Waals surface area contributed by atoms with Crippen molar-refractivity contribution in [1.29, 1.82) is 0 Å². The summed E-state index contributed by atoms with van der Waals surface area (Å²) in [5.41, 5.74) is 0.152. The van der Waals surface area contributed by atoms with Crippen molar-refractivity contribution in [3.8, 4) is 0 Å². The largest absolute Gasteiger partial charge is 0.364 e. The van der Waals surface area contributed by atoms with Gasteiger partial charge in [0.1, 0.15) is 11.6 Å². The Balaban J connectivity index is 2.85. The summed E-state index contributed by atoms with van der Waals surface area (Å²) < 4.78 is 26.3. The highest BCUT2D eigenvalue weighted by atomic mass is 79.9. The molecule has 0 spiro atoms. The number of hydrogen-bond donors (Lipinski definition) is 3. The summed E-state index contributed by atoms with van der Waals surface area (Å²) in [5, 5.41) is 17.9. The molecule has 0 radical (unpaired) electrons. The Morgan fingerprint density at radius 1 is 1.33 bits per heavy atom. The molecule has 0 aliphatic carbocycles. The van der Waals surface area contributed by atoms with E-state index in [4.69, 9.17) is 10.2 Å². The van der Waals surface area contributed by atoms with Crippen LogP contribution in [0.4, 0.5) is 8.78 Å². The summed E-state index contributed by atoms with van der Waals surface area (Å²) >= 11 is 2.74. The first kappa shape index (κ1) is 10.5. The molecule has 1 heterocycles. The predicted molar refractivity (Wildman–Crippen MR) is 53.1 cm³/mol. The molecule has 80 valence electrons. The lowest BCUT2D eigenvalue weighted by atomic mass is 10.1. The van der Waals surface area contributed by atoms with E-state index in [9.17, 15) is 8.78 Å². The molecular formula is C9H6BrF2NO2. The maximum absolute atomic E-state index is 13.6. The molecule has 15 heavy (non-hydrogen) atoms. The molecule has 0 unspecified atom stereocenters. The zero-order valence-electron chi connectivity index (χ0n) is 7.26. The number of aromatic nitrogens is 1. The summed E-state index contributed by atoms with van der Waals surface area (Å²) in [4.78, 5) is 2.56. The number of rotatable bonds is 1. The number of H-pyrrole nitrogens is 1. The number of fused-ring (bicyclic) bond motifs is 1. The Morgan fingerprint density at radius 3 is 2.60 bits per heavy atom. The molecule has 0 aliphatic rings. The van der Waals surface area contributed by atoms with Crippen LogP contribution in [-0.2, 0) is 0 Å². The van der Waals surface area contributed by atoms with E-state index in [1.807, 2.05) is 0 Å². The van der Waals surface area contributed by atoms with E-state index in [2.05, 4.69) is 20.9 Å². The summed E-state index contributed by atoms with van der Waals surface area (Å²) in [6.07, 6.45) is -0.574. The second-order valence-corrected chi connectivity index (χ2v) is 3.82. The summed E-state index contributed by atoms with van der Waals surface area (Å²) in [6, 6.07) is 1.08. The van der Waals surface area contributed by atoms with Crippen LogP contribution in [-0.4, -0.2) is 15.2 Å². The van der Waals surface area contributed by atoms with Gasteiger partial charge in [0, 0.05) is 17.1 Å². The fourth-order valence-electron chi connectivity index (χ4n) is 1.42. The molecule has 1 aromatic carbocycles. The van der Waals surface area contributed by atoms with Crippen LogP contribution in [0.1, 0.15) is 11.9 Å². The highest BCUT2D eigenvalue weighted by Gasteiger charge is 2.18. The normalized spacial score (nSPS) is 11.6. The van der Waals surface area contributed by atoms with Gasteiger partial charge in [-0.3, -0.25) is 0 Å². The fourth-order valence-corrected chi connectivity index (χ4v) is 1.74. The van der Waals surface area contributed by atoms with Crippen LogP contribution in [0.2, 0.25) is 0 Å². The smallest absolute Gasteiger partial charge is 0.180 e. The first-order valence-electron chi connectivity index (χ1n) is 4.03. The van der Waals surface area contributed by atoms with Crippen molar-refractivity contribution in [3.05, 3.63) is 33.9 Å². The zero-order valence-corrected chi connectivity index (χ0v) is 8.85. The molecule has 6 heteroatoms. The molecule has 0 fully saturated rings. The number of halogens is 3. The number of benzene rings is 1. The van der Waals surface area contributed by atoms with E-state index in [1.54, 1.807) is 0 Å². The molecule has 0 amide bonds. The molecule has 2 aromatic rings. The summed E-state index contributed by atoms with van der Waals surface area (Å²) in [7, 11) is 0. The SMILES string of the molecule is OC(O)c1c[nH]c2cc(F)c(Br)c(F)c12. The Kier molecular flexibility index (Phi) is 2.49. The zero-order chi connectivity index (χ0) is 11.2. The summed E-state index contributed by atoms with van der Waals surface area (Å²) in [5.74, 6) is -1.60. The van der Waals surface area contributed by atoms with Gasteiger partial charge >= 0.3 is 0 Å². The van der Waals surface area contributed by atoms with Crippen molar-refractivity contribution >= 4 is 26.8 Å². The molecule has 3 nitrogen and oxygen atoms in total. The second-order valence-electron chi connectivity index (χ2n) is 3.03. The van der Waals surface area contributed by atoms with E-state index in [0.717, 1.165) is 6.07 Å². The third-order valence-electron chi connectivity index (χ3n) is 2.11. The van der Waals surface area contributed by atoms with Gasteiger partial charge in [0.2, 0.25) is 0 Å². The second kappa shape index (κ2) is 3.55. The Morgan fingerprint density at radius 2 is 2.00 bits per heavy atom. The van der Waals surface area contributed by atoms with Gasteiger partial charge in [0.15, 0.2) is 6.29 Å². The van der Waals surface area contributed by atoms with E-state index in [-0.39, 0.29) is 20.9 Å². The van der Waals surface area contributed by atoms with E-state index in [1.165, 1.54) is 6.20 Å². The topological polar surface area (TPSA) is 56.2 Å². The van der Waals surface area contributed by atoms with Gasteiger partial charge in [-0.15, -0.1) is 0 Å². The van der Waals surface area contributed by atoms with Crippen LogP contribution in [0.15, 0.2) is 16.7 Å². The van der Waals surface area contributed by atoms with E-state index in [0.29, 0.717) is 0 Å². The average molecular weight is 278 g/mol. The number of aromatic amines is 1. The standard InChI is InChI=1S/C9H6BrF2NO2/c10-7-4(11)1-5-6(8(7)12)3(2-13-5)9(14)15/h1-2,9,13-15H. The van der Waals surface area contributed by atoms with Crippen LogP contribution in [0, 0.1) is 11.6 Å². The van der Waals surface area contributed by atoms with Crippen molar-refractivity contribution in [2.24, 2.45) is 0 Å². The monoisotopic (exact) mass is 277 g/mol. The van der Waals surface area contributed by atoms with Crippen molar-refractivity contribution in [3.63, 3.8) is 0 Å². The lowest BCUT2D eigenvalue weighted by molar-refractivity contribution is -0.0414. The molecule has 0 aliphatic heterocycles. The number of aliphatic hydroxyl groups excluding tert-OH is 1. The molecule has 0 saturated heterocycles. The highest BCUT2D eigenvalue weighted by molar-refractivity contribution is 9.10. The molecule has 0 saturated carbocycles. The molecular weight excluding hydrogens is 272 g/mol. The van der Waals surface area contributed by atoms with Crippen molar-refractivity contribution in [1.82, 2.24) is 4.98 Å².